The van der Waals surface area contributed by atoms with Crippen molar-refractivity contribution in [3.63, 3.8) is 0 Å². The summed E-state index contributed by atoms with van der Waals surface area (Å²) in [5.74, 6) is 1.11. The third-order valence-electron chi connectivity index (χ3n) is 3.51. The maximum Gasteiger partial charge on any atom is 0.271 e. The number of rotatable bonds is 7. The highest BCUT2D eigenvalue weighted by molar-refractivity contribution is 6.30. The van der Waals surface area contributed by atoms with Crippen LogP contribution in [0.5, 0.6) is 0 Å². The monoisotopic (exact) mass is 356 g/mol. The van der Waals surface area contributed by atoms with Gasteiger partial charge in [-0.2, -0.15) is 0 Å². The van der Waals surface area contributed by atoms with Crippen molar-refractivity contribution in [3.05, 3.63) is 76.8 Å². The minimum absolute atomic E-state index is 0.257. The third kappa shape index (κ3) is 5.06. The number of nitrogens with one attached hydrogen (secondary N) is 2. The van der Waals surface area contributed by atoms with Crippen molar-refractivity contribution in [2.75, 3.05) is 11.9 Å². The molecule has 0 unspecified atom stereocenters. The Bertz CT molecular complexity index is 819. The Kier molecular flexibility index (Phi) is 5.64. The number of hydrogen-bond acceptors (Lipinski definition) is 5. The van der Waals surface area contributed by atoms with Crippen molar-refractivity contribution in [3.8, 4) is 0 Å². The normalized spacial score (nSPS) is 10.4. The van der Waals surface area contributed by atoms with Gasteiger partial charge in [0.25, 0.3) is 5.91 Å². The number of amides is 1. The molecule has 0 aliphatic carbocycles. The average molecular weight is 357 g/mol. The number of hydrogen-bond donors (Lipinski definition) is 2. The Morgan fingerprint density at radius 2 is 2.04 bits per heavy atom. The molecular formula is C18H17ClN4O2. The maximum absolute atomic E-state index is 12.1. The minimum Gasteiger partial charge on any atom is -0.467 e. The van der Waals surface area contributed by atoms with Gasteiger partial charge in [-0.3, -0.25) is 4.79 Å². The van der Waals surface area contributed by atoms with Crippen molar-refractivity contribution < 1.29 is 9.21 Å². The molecule has 0 saturated carbocycles. The molecule has 0 aliphatic heterocycles. The van der Waals surface area contributed by atoms with Gasteiger partial charge in [-0.25, -0.2) is 0 Å². The fourth-order valence-electron chi connectivity index (χ4n) is 2.24. The summed E-state index contributed by atoms with van der Waals surface area (Å²) in [5.41, 5.74) is 1.34. The molecule has 0 fully saturated rings. The second-order valence-electron chi connectivity index (χ2n) is 5.37. The van der Waals surface area contributed by atoms with Crippen LogP contribution in [-0.4, -0.2) is 22.6 Å². The summed E-state index contributed by atoms with van der Waals surface area (Å²) in [7, 11) is 0. The average Bonchev–Trinajstić information content (AvgIpc) is 3.14. The molecule has 2 aromatic heterocycles. The van der Waals surface area contributed by atoms with Gasteiger partial charge in [0.2, 0.25) is 0 Å². The van der Waals surface area contributed by atoms with Gasteiger partial charge >= 0.3 is 0 Å². The highest BCUT2D eigenvalue weighted by atomic mass is 35.5. The first-order valence-electron chi connectivity index (χ1n) is 7.83. The van der Waals surface area contributed by atoms with Crippen LogP contribution in [-0.2, 0) is 13.0 Å². The lowest BCUT2D eigenvalue weighted by molar-refractivity contribution is 0.0948. The van der Waals surface area contributed by atoms with E-state index in [2.05, 4.69) is 20.8 Å². The summed E-state index contributed by atoms with van der Waals surface area (Å²) in [6.07, 6.45) is 2.31. The number of furan rings is 1. The highest BCUT2D eigenvalue weighted by Gasteiger charge is 2.08. The molecule has 0 aliphatic rings. The van der Waals surface area contributed by atoms with E-state index in [1.807, 2.05) is 36.4 Å². The number of benzene rings is 1. The number of nitrogens with zero attached hydrogens (tertiary/aromatic N) is 2. The summed E-state index contributed by atoms with van der Waals surface area (Å²) in [5, 5.41) is 14.5. The van der Waals surface area contributed by atoms with E-state index in [9.17, 15) is 4.79 Å². The van der Waals surface area contributed by atoms with Gasteiger partial charge < -0.3 is 15.1 Å². The number of halogens is 1. The molecule has 0 saturated heterocycles. The Morgan fingerprint density at radius 3 is 2.76 bits per heavy atom. The molecule has 0 radical (unpaired) electrons. The first kappa shape index (κ1) is 17.0. The van der Waals surface area contributed by atoms with Crippen molar-refractivity contribution in [2.24, 2.45) is 0 Å². The van der Waals surface area contributed by atoms with Crippen molar-refractivity contribution in [2.45, 2.75) is 13.0 Å². The van der Waals surface area contributed by atoms with E-state index in [0.29, 0.717) is 30.4 Å². The highest BCUT2D eigenvalue weighted by Crippen LogP contribution is 2.11. The molecule has 3 rings (SSSR count). The fraction of sp³-hybridized carbons (Fsp3) is 0.167. The zero-order valence-corrected chi connectivity index (χ0v) is 14.2. The zero-order valence-electron chi connectivity index (χ0n) is 13.4. The van der Waals surface area contributed by atoms with Gasteiger partial charge in [-0.05, 0) is 48.4 Å². The number of aromatic nitrogens is 2. The Labute approximate surface area is 150 Å². The van der Waals surface area contributed by atoms with Crippen LogP contribution < -0.4 is 10.6 Å². The number of carbonyl (C=O) groups is 1. The van der Waals surface area contributed by atoms with Crippen molar-refractivity contribution >= 4 is 23.3 Å². The van der Waals surface area contributed by atoms with Crippen LogP contribution in [0.1, 0.15) is 21.8 Å². The Morgan fingerprint density at radius 1 is 1.12 bits per heavy atom. The van der Waals surface area contributed by atoms with Gasteiger partial charge in [0, 0.05) is 11.6 Å². The van der Waals surface area contributed by atoms with Crippen LogP contribution in [0.25, 0.3) is 0 Å². The van der Waals surface area contributed by atoms with Crippen molar-refractivity contribution in [1.82, 2.24) is 15.5 Å². The SMILES string of the molecule is O=C(NCCc1cccc(Cl)c1)c1ccc(NCc2ccco2)nn1. The summed E-state index contributed by atoms with van der Waals surface area (Å²) in [6, 6.07) is 14.6. The lowest BCUT2D eigenvalue weighted by Gasteiger charge is -2.06. The first-order valence-corrected chi connectivity index (χ1v) is 8.21. The molecule has 1 aromatic carbocycles. The molecule has 0 bridgehead atoms. The first-order chi connectivity index (χ1) is 12.2. The van der Waals surface area contributed by atoms with Crippen LogP contribution in [0.2, 0.25) is 5.02 Å². The number of anilines is 1. The lowest BCUT2D eigenvalue weighted by Crippen LogP contribution is -2.26. The molecule has 7 heteroatoms. The summed E-state index contributed by atoms with van der Waals surface area (Å²) in [6.45, 7) is 1.01. The topological polar surface area (TPSA) is 80.0 Å². The second-order valence-corrected chi connectivity index (χ2v) is 5.81. The van der Waals surface area contributed by atoms with E-state index in [-0.39, 0.29) is 11.6 Å². The zero-order chi connectivity index (χ0) is 17.5. The molecule has 2 heterocycles. The van der Waals surface area contributed by atoms with Gasteiger partial charge in [0.15, 0.2) is 5.69 Å². The molecule has 0 atom stereocenters. The van der Waals surface area contributed by atoms with E-state index in [1.54, 1.807) is 18.4 Å². The Balaban J connectivity index is 1.47. The summed E-state index contributed by atoms with van der Waals surface area (Å²) < 4.78 is 5.22. The summed E-state index contributed by atoms with van der Waals surface area (Å²) >= 11 is 5.94. The minimum atomic E-state index is -0.257. The van der Waals surface area contributed by atoms with E-state index in [0.717, 1.165) is 11.3 Å². The van der Waals surface area contributed by atoms with Crippen LogP contribution in [0.4, 0.5) is 5.82 Å². The van der Waals surface area contributed by atoms with Crippen LogP contribution in [0, 0.1) is 0 Å². The van der Waals surface area contributed by atoms with Crippen LogP contribution in [0.3, 0.4) is 0 Å². The van der Waals surface area contributed by atoms with Gasteiger partial charge in [0.05, 0.1) is 12.8 Å². The third-order valence-corrected chi connectivity index (χ3v) is 3.74. The molecule has 6 nitrogen and oxygen atoms in total. The molecule has 1 amide bonds. The second kappa shape index (κ2) is 8.30. The number of carbonyl (C=O) groups excluding carboxylic acids is 1. The van der Waals surface area contributed by atoms with Gasteiger partial charge in [-0.15, -0.1) is 10.2 Å². The fourth-order valence-corrected chi connectivity index (χ4v) is 2.45. The molecule has 2 N–H and O–H groups in total. The molecule has 128 valence electrons. The Hall–Kier alpha value is -2.86. The summed E-state index contributed by atoms with van der Waals surface area (Å²) in [4.78, 5) is 12.1. The smallest absolute Gasteiger partial charge is 0.271 e. The molecule has 25 heavy (non-hydrogen) atoms. The van der Waals surface area contributed by atoms with Crippen molar-refractivity contribution in [1.29, 1.82) is 0 Å². The molecular weight excluding hydrogens is 340 g/mol. The maximum atomic E-state index is 12.1. The van der Waals surface area contributed by atoms with Crippen LogP contribution >= 0.6 is 11.6 Å². The van der Waals surface area contributed by atoms with E-state index < -0.39 is 0 Å². The quantitative estimate of drug-likeness (QED) is 0.679. The van der Waals surface area contributed by atoms with Gasteiger partial charge in [-0.1, -0.05) is 23.7 Å². The van der Waals surface area contributed by atoms with E-state index in [1.165, 1.54) is 0 Å². The van der Waals surface area contributed by atoms with Crippen LogP contribution in [0.15, 0.2) is 59.2 Å². The predicted octanol–water partition coefficient (Wildman–Crippen LogP) is 3.31. The van der Waals surface area contributed by atoms with Gasteiger partial charge in [0.1, 0.15) is 11.6 Å². The van der Waals surface area contributed by atoms with E-state index in [4.69, 9.17) is 16.0 Å². The van der Waals surface area contributed by atoms with E-state index >= 15 is 0 Å². The predicted molar refractivity (Wildman–Crippen MR) is 95.6 cm³/mol. The molecule has 0 spiro atoms. The largest absolute Gasteiger partial charge is 0.467 e. The lowest BCUT2D eigenvalue weighted by atomic mass is 10.1. The standard InChI is InChI=1S/C18H17ClN4O2/c19-14-4-1-3-13(11-14)8-9-20-18(24)16-6-7-17(23-22-16)21-12-15-5-2-10-25-15/h1-7,10-11H,8-9,12H2,(H,20,24)(H,21,23). The molecule has 3 aromatic rings.